The normalized spacial score (nSPS) is 24.6. The first-order chi connectivity index (χ1) is 14.2. The van der Waals surface area contributed by atoms with Gasteiger partial charge in [0.05, 0.1) is 19.2 Å². The molecular weight excluding hydrogens is 382 g/mol. The molecule has 2 heterocycles. The van der Waals surface area contributed by atoms with E-state index in [-0.39, 0.29) is 23.8 Å². The molecular formula is C23H29N3O4. The van der Waals surface area contributed by atoms with Crippen LogP contribution in [0.25, 0.3) is 0 Å². The Balaban J connectivity index is 2.07. The second kappa shape index (κ2) is 8.75. The average Bonchev–Trinajstić information content (AvgIpc) is 2.72. The Labute approximate surface area is 176 Å². The topological polar surface area (TPSA) is 103 Å². The van der Waals surface area contributed by atoms with Crippen LogP contribution in [-0.2, 0) is 9.59 Å². The van der Waals surface area contributed by atoms with Gasteiger partial charge in [-0.2, -0.15) is 0 Å². The molecule has 0 fully saturated rings. The number of nitrogens with two attached hydrogens (primary N) is 1. The van der Waals surface area contributed by atoms with Crippen molar-refractivity contribution in [1.82, 2.24) is 10.6 Å². The number of fused-ring (bicyclic) bond motifs is 9. The number of ether oxygens (including phenoxy) is 2. The third-order valence-electron chi connectivity index (χ3n) is 5.55. The molecule has 0 radical (unpaired) electrons. The van der Waals surface area contributed by atoms with Crippen LogP contribution in [0, 0.1) is 6.92 Å². The molecule has 4 unspecified atom stereocenters. The second-order valence-corrected chi connectivity index (χ2v) is 7.82. The highest BCUT2D eigenvalue weighted by Gasteiger charge is 2.26. The first kappa shape index (κ1) is 21.6. The number of hydrogen-bond acceptors (Lipinski definition) is 5. The Kier molecular flexibility index (Phi) is 6.31. The summed E-state index contributed by atoms with van der Waals surface area (Å²) in [6, 6.07) is 9.47. The molecule has 0 aromatic heterocycles. The summed E-state index contributed by atoms with van der Waals surface area (Å²) in [5, 5.41) is 5.65. The van der Waals surface area contributed by atoms with E-state index < -0.39 is 12.1 Å². The Morgan fingerprint density at radius 1 is 0.933 bits per heavy atom. The fourth-order valence-corrected chi connectivity index (χ4v) is 3.55. The van der Waals surface area contributed by atoms with Crippen molar-refractivity contribution in [2.24, 2.45) is 5.73 Å². The highest BCUT2D eigenvalue weighted by molar-refractivity contribution is 5.90. The lowest BCUT2D eigenvalue weighted by Gasteiger charge is -2.24. The molecule has 2 aromatic rings. The molecule has 7 nitrogen and oxygen atoms in total. The maximum Gasteiger partial charge on any atom is 0.242 e. The summed E-state index contributed by atoms with van der Waals surface area (Å²) in [5.41, 5.74) is 8.82. The summed E-state index contributed by atoms with van der Waals surface area (Å²) in [6.45, 7) is 7.33. The highest BCUT2D eigenvalue weighted by atomic mass is 16.5. The van der Waals surface area contributed by atoms with Crippen LogP contribution in [0.15, 0.2) is 36.4 Å². The van der Waals surface area contributed by atoms with Crippen molar-refractivity contribution >= 4 is 11.8 Å². The molecule has 4 bridgehead atoms. The number of rotatable bonds is 1. The van der Waals surface area contributed by atoms with Gasteiger partial charge in [-0.1, -0.05) is 25.1 Å². The lowest BCUT2D eigenvalue weighted by molar-refractivity contribution is -0.129. The van der Waals surface area contributed by atoms with Crippen molar-refractivity contribution in [3.63, 3.8) is 0 Å². The summed E-state index contributed by atoms with van der Waals surface area (Å²) in [4.78, 5) is 25.2. The number of carbonyl (C=O) groups excluding carboxylic acids is 2. The van der Waals surface area contributed by atoms with E-state index in [9.17, 15) is 9.59 Å². The number of methoxy groups -OCH3 is 1. The van der Waals surface area contributed by atoms with Crippen LogP contribution in [0.4, 0.5) is 0 Å². The molecule has 4 rings (SSSR count). The van der Waals surface area contributed by atoms with E-state index in [2.05, 4.69) is 10.6 Å². The molecule has 0 saturated heterocycles. The molecule has 0 aliphatic carbocycles. The van der Waals surface area contributed by atoms with Crippen LogP contribution in [0.1, 0.15) is 49.4 Å². The quantitative estimate of drug-likeness (QED) is 0.670. The van der Waals surface area contributed by atoms with Gasteiger partial charge in [0.15, 0.2) is 11.5 Å². The molecule has 7 heteroatoms. The zero-order valence-electron chi connectivity index (χ0n) is 18.0. The van der Waals surface area contributed by atoms with Crippen molar-refractivity contribution < 1.29 is 19.1 Å². The largest absolute Gasteiger partial charge is 0.493 e. The van der Waals surface area contributed by atoms with Crippen molar-refractivity contribution in [3.8, 4) is 17.2 Å². The Morgan fingerprint density at radius 3 is 2.20 bits per heavy atom. The van der Waals surface area contributed by atoms with Crippen LogP contribution in [-0.4, -0.2) is 31.0 Å². The van der Waals surface area contributed by atoms with Gasteiger partial charge in [-0.15, -0.1) is 0 Å². The van der Waals surface area contributed by atoms with Crippen molar-refractivity contribution in [2.75, 3.05) is 7.11 Å². The molecule has 0 saturated carbocycles. The zero-order valence-corrected chi connectivity index (χ0v) is 18.0. The summed E-state index contributed by atoms with van der Waals surface area (Å²) in [5.74, 6) is 0.949. The van der Waals surface area contributed by atoms with Gasteiger partial charge in [-0.25, -0.2) is 0 Å². The van der Waals surface area contributed by atoms with Crippen molar-refractivity contribution in [1.29, 1.82) is 0 Å². The summed E-state index contributed by atoms with van der Waals surface area (Å²) in [7, 11) is 1.60. The summed E-state index contributed by atoms with van der Waals surface area (Å²) < 4.78 is 11.6. The Hall–Kier alpha value is -3.06. The second-order valence-electron chi connectivity index (χ2n) is 7.82. The van der Waals surface area contributed by atoms with E-state index in [1.165, 1.54) is 0 Å². The summed E-state index contributed by atoms with van der Waals surface area (Å²) in [6.07, 6.45) is 0. The smallest absolute Gasteiger partial charge is 0.242 e. The molecule has 2 amide bonds. The van der Waals surface area contributed by atoms with Crippen molar-refractivity contribution in [3.05, 3.63) is 53.1 Å². The monoisotopic (exact) mass is 411 g/mol. The minimum atomic E-state index is -0.784. The van der Waals surface area contributed by atoms with Crippen LogP contribution >= 0.6 is 0 Å². The minimum absolute atomic E-state index is 0.235. The maximum absolute atomic E-state index is 12.6. The molecule has 2 aliphatic heterocycles. The molecule has 2 aliphatic rings. The first-order valence-electron chi connectivity index (χ1n) is 10.0. The third kappa shape index (κ3) is 4.41. The third-order valence-corrected chi connectivity index (χ3v) is 5.55. The van der Waals surface area contributed by atoms with Gasteiger partial charge in [0.2, 0.25) is 11.8 Å². The summed E-state index contributed by atoms with van der Waals surface area (Å²) >= 11 is 0. The first-order valence-corrected chi connectivity index (χ1v) is 10.0. The van der Waals surface area contributed by atoms with Crippen molar-refractivity contribution in [2.45, 2.75) is 51.7 Å². The van der Waals surface area contributed by atoms with Gasteiger partial charge in [-0.05, 0) is 55.7 Å². The predicted molar refractivity (Wildman–Crippen MR) is 115 cm³/mol. The Morgan fingerprint density at radius 2 is 1.57 bits per heavy atom. The molecule has 0 spiro atoms. The molecule has 4 atom stereocenters. The average molecular weight is 412 g/mol. The van der Waals surface area contributed by atoms with Gasteiger partial charge < -0.3 is 25.8 Å². The van der Waals surface area contributed by atoms with E-state index in [0.717, 1.165) is 16.7 Å². The highest BCUT2D eigenvalue weighted by Crippen LogP contribution is 2.37. The maximum atomic E-state index is 12.6. The number of benzene rings is 2. The minimum Gasteiger partial charge on any atom is -0.493 e. The van der Waals surface area contributed by atoms with Gasteiger partial charge in [0, 0.05) is 5.92 Å². The lowest BCUT2D eigenvalue weighted by atomic mass is 9.93. The molecule has 4 N–H and O–H groups in total. The molecule has 2 aromatic carbocycles. The van der Waals surface area contributed by atoms with Gasteiger partial charge in [-0.3, -0.25) is 9.59 Å². The van der Waals surface area contributed by atoms with Gasteiger partial charge >= 0.3 is 0 Å². The zero-order chi connectivity index (χ0) is 22.0. The standard InChI is InChI=1S/C23H29N3O4/c1-12-10-17-11-19(21(12)29-5)30-18-8-6-16(7-9-18)13(2)20(24)23(28)26-15(4)22(27)25-14(17)3/h6-11,13-15,20H,24H2,1-5H3,(H,25,27)(H,26,28). The van der Waals surface area contributed by atoms with E-state index in [4.69, 9.17) is 15.2 Å². The SMILES string of the molecule is COc1c(C)cc2cc1Oc1ccc(cc1)C(C)C(N)C(=O)NC(C)C(=O)NC2C. The molecule has 30 heavy (non-hydrogen) atoms. The predicted octanol–water partition coefficient (Wildman–Crippen LogP) is 2.92. The van der Waals surface area contributed by atoms with E-state index in [0.29, 0.717) is 17.2 Å². The van der Waals surface area contributed by atoms with Crippen LogP contribution in [0.2, 0.25) is 0 Å². The number of nitrogens with one attached hydrogen (secondary N) is 2. The van der Waals surface area contributed by atoms with Gasteiger partial charge in [0.1, 0.15) is 11.8 Å². The fourth-order valence-electron chi connectivity index (χ4n) is 3.55. The number of aryl methyl sites for hydroxylation is 1. The number of carbonyl (C=O) groups is 2. The Bertz CT molecular complexity index is 942. The van der Waals surface area contributed by atoms with Crippen LogP contribution in [0.3, 0.4) is 0 Å². The van der Waals surface area contributed by atoms with Crippen LogP contribution < -0.4 is 25.8 Å². The van der Waals surface area contributed by atoms with Gasteiger partial charge in [0.25, 0.3) is 0 Å². The van der Waals surface area contributed by atoms with E-state index >= 15 is 0 Å². The number of amides is 2. The van der Waals surface area contributed by atoms with E-state index in [1.807, 2.05) is 57.2 Å². The number of hydrogen-bond donors (Lipinski definition) is 3. The fraction of sp³-hybridized carbons (Fsp3) is 0.391. The molecule has 160 valence electrons. The van der Waals surface area contributed by atoms with Crippen LogP contribution in [0.5, 0.6) is 17.2 Å². The van der Waals surface area contributed by atoms with E-state index in [1.54, 1.807) is 14.0 Å². The lowest BCUT2D eigenvalue weighted by Crippen LogP contribution is -2.51.